The lowest BCUT2D eigenvalue weighted by molar-refractivity contribution is -0.116. The minimum Gasteiger partial charge on any atom is -0.367 e. The number of nitrogens with one attached hydrogen (secondary N) is 1. The second-order valence-corrected chi connectivity index (χ2v) is 4.92. The molecule has 0 aliphatic carbocycles. The summed E-state index contributed by atoms with van der Waals surface area (Å²) in [5.74, 6) is -0.00684. The molecule has 0 bridgehead atoms. The zero-order valence-corrected chi connectivity index (χ0v) is 12.0. The van der Waals surface area contributed by atoms with E-state index in [9.17, 15) is 4.79 Å². The zero-order chi connectivity index (χ0) is 13.8. The molecule has 0 saturated heterocycles. The number of carbonyl (C=O) groups is 1. The molecule has 19 heavy (non-hydrogen) atoms. The number of benzene rings is 1. The van der Waals surface area contributed by atoms with E-state index >= 15 is 0 Å². The van der Waals surface area contributed by atoms with Gasteiger partial charge in [0.2, 0.25) is 11.9 Å². The van der Waals surface area contributed by atoms with Crippen LogP contribution in [0.5, 0.6) is 0 Å². The first-order chi connectivity index (χ1) is 9.08. The molecule has 0 spiro atoms. The third-order valence-electron chi connectivity index (χ3n) is 2.58. The molecule has 1 aromatic heterocycles. The number of hydrogen-bond acceptors (Lipinski definition) is 4. The van der Waals surface area contributed by atoms with E-state index in [2.05, 4.69) is 31.3 Å². The number of carbonyl (C=O) groups excluding carboxylic acids is 1. The van der Waals surface area contributed by atoms with E-state index in [0.717, 1.165) is 22.1 Å². The quantitative estimate of drug-likeness (QED) is 0.898. The van der Waals surface area contributed by atoms with Crippen molar-refractivity contribution in [3.63, 3.8) is 0 Å². The molecule has 3 N–H and O–H groups in total. The van der Waals surface area contributed by atoms with Gasteiger partial charge < -0.3 is 11.1 Å². The van der Waals surface area contributed by atoms with Crippen molar-refractivity contribution < 1.29 is 4.79 Å². The van der Waals surface area contributed by atoms with Gasteiger partial charge >= 0.3 is 0 Å². The van der Waals surface area contributed by atoms with Gasteiger partial charge in [0.25, 0.3) is 0 Å². The molecule has 1 heterocycles. The van der Waals surface area contributed by atoms with Crippen molar-refractivity contribution in [2.75, 3.05) is 11.1 Å². The van der Waals surface area contributed by atoms with E-state index in [1.165, 1.54) is 11.0 Å². The highest BCUT2D eigenvalue weighted by Gasteiger charge is 2.08. The SMILES string of the molecule is CCc1cc(Br)ccc1NC(=O)Cn1cnc(N)n1. The van der Waals surface area contributed by atoms with Crippen LogP contribution in [0, 0.1) is 0 Å². The Balaban J connectivity index is 2.06. The highest BCUT2D eigenvalue weighted by atomic mass is 79.9. The number of aryl methyl sites for hydroxylation is 1. The minimum absolute atomic E-state index is 0.0867. The summed E-state index contributed by atoms with van der Waals surface area (Å²) in [7, 11) is 0. The molecule has 0 radical (unpaired) electrons. The normalized spacial score (nSPS) is 10.4. The van der Waals surface area contributed by atoms with Gasteiger partial charge in [0.15, 0.2) is 0 Å². The van der Waals surface area contributed by atoms with Gasteiger partial charge in [-0.15, -0.1) is 5.10 Å². The number of halogens is 1. The molecular formula is C12H14BrN5O. The summed E-state index contributed by atoms with van der Waals surface area (Å²) in [6, 6.07) is 5.75. The van der Waals surface area contributed by atoms with Crippen LogP contribution in [0.4, 0.5) is 11.6 Å². The summed E-state index contributed by atoms with van der Waals surface area (Å²) in [5.41, 5.74) is 7.27. The van der Waals surface area contributed by atoms with Gasteiger partial charge in [0.05, 0.1) is 0 Å². The molecule has 1 amide bonds. The molecule has 2 aromatic rings. The summed E-state index contributed by atoms with van der Waals surface area (Å²) in [6.45, 7) is 2.12. The number of nitrogens with two attached hydrogens (primary N) is 1. The van der Waals surface area contributed by atoms with Gasteiger partial charge in [0, 0.05) is 10.2 Å². The van der Waals surface area contributed by atoms with Crippen LogP contribution in [0.3, 0.4) is 0 Å². The van der Waals surface area contributed by atoms with Crippen molar-refractivity contribution in [2.45, 2.75) is 19.9 Å². The second-order valence-electron chi connectivity index (χ2n) is 4.00. The average Bonchev–Trinajstić information content (AvgIpc) is 2.76. The molecule has 100 valence electrons. The number of anilines is 2. The fourth-order valence-corrected chi connectivity index (χ4v) is 2.11. The van der Waals surface area contributed by atoms with Gasteiger partial charge in [-0.1, -0.05) is 22.9 Å². The van der Waals surface area contributed by atoms with Crippen molar-refractivity contribution in [1.29, 1.82) is 0 Å². The van der Waals surface area contributed by atoms with E-state index in [4.69, 9.17) is 5.73 Å². The third kappa shape index (κ3) is 3.54. The van der Waals surface area contributed by atoms with Crippen molar-refractivity contribution >= 4 is 33.5 Å². The maximum Gasteiger partial charge on any atom is 0.246 e. The molecule has 0 fully saturated rings. The molecule has 7 heteroatoms. The fourth-order valence-electron chi connectivity index (χ4n) is 1.70. The monoisotopic (exact) mass is 323 g/mol. The van der Waals surface area contributed by atoms with E-state index in [0.29, 0.717) is 0 Å². The van der Waals surface area contributed by atoms with Gasteiger partial charge in [-0.05, 0) is 30.2 Å². The van der Waals surface area contributed by atoms with E-state index in [1.807, 2.05) is 25.1 Å². The Bertz CT molecular complexity index is 596. The summed E-state index contributed by atoms with van der Waals surface area (Å²) in [5, 5.41) is 6.72. The molecule has 0 saturated carbocycles. The first-order valence-corrected chi connectivity index (χ1v) is 6.61. The zero-order valence-electron chi connectivity index (χ0n) is 10.4. The standard InChI is InChI=1S/C12H14BrN5O/c1-2-8-5-9(13)3-4-10(8)16-11(19)6-18-7-15-12(14)17-18/h3-5,7H,2,6H2,1H3,(H2,14,17)(H,16,19). The molecule has 0 unspecified atom stereocenters. The highest BCUT2D eigenvalue weighted by Crippen LogP contribution is 2.21. The summed E-state index contributed by atoms with van der Waals surface area (Å²) in [4.78, 5) is 15.7. The molecule has 0 aliphatic rings. The first-order valence-electron chi connectivity index (χ1n) is 5.81. The van der Waals surface area contributed by atoms with Crippen LogP contribution in [0.1, 0.15) is 12.5 Å². The van der Waals surface area contributed by atoms with Crippen LogP contribution >= 0.6 is 15.9 Å². The predicted molar refractivity (Wildman–Crippen MR) is 76.6 cm³/mol. The van der Waals surface area contributed by atoms with Crippen LogP contribution in [0.25, 0.3) is 0 Å². The topological polar surface area (TPSA) is 85.8 Å². The summed E-state index contributed by atoms with van der Waals surface area (Å²) in [6.07, 6.45) is 2.27. The van der Waals surface area contributed by atoms with Crippen LogP contribution in [0.2, 0.25) is 0 Å². The molecular weight excluding hydrogens is 310 g/mol. The predicted octanol–water partition coefficient (Wildman–Crippen LogP) is 1.82. The van der Waals surface area contributed by atoms with E-state index in [1.54, 1.807) is 0 Å². The lowest BCUT2D eigenvalue weighted by Gasteiger charge is -2.10. The largest absolute Gasteiger partial charge is 0.367 e. The smallest absolute Gasteiger partial charge is 0.246 e. The van der Waals surface area contributed by atoms with Crippen LogP contribution < -0.4 is 11.1 Å². The maximum atomic E-state index is 11.9. The number of amides is 1. The third-order valence-corrected chi connectivity index (χ3v) is 3.08. The van der Waals surface area contributed by atoms with Crippen LogP contribution in [-0.4, -0.2) is 20.7 Å². The number of nitrogens with zero attached hydrogens (tertiary/aromatic N) is 3. The lowest BCUT2D eigenvalue weighted by atomic mass is 10.1. The number of hydrogen-bond donors (Lipinski definition) is 2. The van der Waals surface area contributed by atoms with Gasteiger partial charge in [-0.3, -0.25) is 4.79 Å². The molecule has 2 rings (SSSR count). The van der Waals surface area contributed by atoms with Gasteiger partial charge in [-0.2, -0.15) is 0 Å². The molecule has 1 aromatic carbocycles. The van der Waals surface area contributed by atoms with Crippen molar-refractivity contribution in [2.24, 2.45) is 0 Å². The lowest BCUT2D eigenvalue weighted by Crippen LogP contribution is -2.20. The highest BCUT2D eigenvalue weighted by molar-refractivity contribution is 9.10. The average molecular weight is 324 g/mol. The van der Waals surface area contributed by atoms with E-state index < -0.39 is 0 Å². The Hall–Kier alpha value is -1.89. The Kier molecular flexibility index (Phi) is 4.16. The number of aromatic nitrogens is 3. The van der Waals surface area contributed by atoms with Crippen LogP contribution in [0.15, 0.2) is 29.0 Å². The minimum atomic E-state index is -0.165. The molecule has 0 atom stereocenters. The van der Waals surface area contributed by atoms with E-state index in [-0.39, 0.29) is 18.4 Å². The Morgan fingerprint density at radius 3 is 2.95 bits per heavy atom. The van der Waals surface area contributed by atoms with Crippen LogP contribution in [-0.2, 0) is 17.8 Å². The maximum absolute atomic E-state index is 11.9. The molecule has 0 aliphatic heterocycles. The summed E-state index contributed by atoms with van der Waals surface area (Å²) < 4.78 is 2.39. The Morgan fingerprint density at radius 1 is 1.53 bits per heavy atom. The fraction of sp³-hybridized carbons (Fsp3) is 0.250. The van der Waals surface area contributed by atoms with Crippen molar-refractivity contribution in [3.05, 3.63) is 34.6 Å². The van der Waals surface area contributed by atoms with Gasteiger partial charge in [-0.25, -0.2) is 9.67 Å². The van der Waals surface area contributed by atoms with Crippen molar-refractivity contribution in [3.8, 4) is 0 Å². The Labute approximate surface area is 119 Å². The Morgan fingerprint density at radius 2 is 2.32 bits per heavy atom. The number of nitrogen functional groups attached to an aromatic ring is 1. The second kappa shape index (κ2) is 5.83. The number of rotatable bonds is 4. The van der Waals surface area contributed by atoms with Gasteiger partial charge in [0.1, 0.15) is 12.9 Å². The van der Waals surface area contributed by atoms with Crippen molar-refractivity contribution in [1.82, 2.24) is 14.8 Å². The first kappa shape index (κ1) is 13.5. The molecule has 6 nitrogen and oxygen atoms in total. The summed E-state index contributed by atoms with van der Waals surface area (Å²) >= 11 is 3.41.